The molecule has 76 valence electrons. The van der Waals surface area contributed by atoms with Crippen molar-refractivity contribution in [3.63, 3.8) is 0 Å². The van der Waals surface area contributed by atoms with Gasteiger partial charge in [-0.25, -0.2) is 0 Å². The van der Waals surface area contributed by atoms with Crippen LogP contribution in [0.2, 0.25) is 0 Å². The summed E-state index contributed by atoms with van der Waals surface area (Å²) in [7, 11) is 0. The molecule has 0 aromatic rings. The van der Waals surface area contributed by atoms with Crippen LogP contribution in [0.25, 0.3) is 0 Å². The van der Waals surface area contributed by atoms with Gasteiger partial charge in [-0.3, -0.25) is 9.59 Å². The van der Waals surface area contributed by atoms with Crippen molar-refractivity contribution in [3.8, 4) is 0 Å². The SMILES string of the molecule is CC(=O)NC(CCCN)CC(=O)O. The van der Waals surface area contributed by atoms with Gasteiger partial charge in [0.05, 0.1) is 6.42 Å². The molecule has 0 aromatic carbocycles. The fraction of sp³-hybridized carbons (Fsp3) is 0.750. The van der Waals surface area contributed by atoms with Crippen LogP contribution in [0, 0.1) is 0 Å². The third kappa shape index (κ3) is 7.27. The number of carbonyl (C=O) groups excluding carboxylic acids is 1. The normalized spacial score (nSPS) is 12.2. The van der Waals surface area contributed by atoms with Gasteiger partial charge in [0.15, 0.2) is 0 Å². The summed E-state index contributed by atoms with van der Waals surface area (Å²) < 4.78 is 0. The fourth-order valence-corrected chi connectivity index (χ4v) is 1.09. The molecule has 1 amide bonds. The minimum atomic E-state index is -0.907. The van der Waals surface area contributed by atoms with Crippen LogP contribution in [0.4, 0.5) is 0 Å². The molecule has 0 saturated heterocycles. The lowest BCUT2D eigenvalue weighted by Gasteiger charge is -2.14. The first kappa shape index (κ1) is 11.9. The van der Waals surface area contributed by atoms with Crippen LogP contribution < -0.4 is 11.1 Å². The second-order valence-corrected chi connectivity index (χ2v) is 2.93. The van der Waals surface area contributed by atoms with Crippen molar-refractivity contribution in [3.05, 3.63) is 0 Å². The highest BCUT2D eigenvalue weighted by atomic mass is 16.4. The minimum Gasteiger partial charge on any atom is -0.481 e. The van der Waals surface area contributed by atoms with E-state index in [0.717, 1.165) is 6.42 Å². The number of carbonyl (C=O) groups is 2. The van der Waals surface area contributed by atoms with E-state index in [2.05, 4.69) is 5.32 Å². The monoisotopic (exact) mass is 188 g/mol. The van der Waals surface area contributed by atoms with E-state index in [9.17, 15) is 9.59 Å². The Hall–Kier alpha value is -1.10. The predicted molar refractivity (Wildman–Crippen MR) is 48.1 cm³/mol. The molecule has 13 heavy (non-hydrogen) atoms. The van der Waals surface area contributed by atoms with E-state index < -0.39 is 5.97 Å². The van der Waals surface area contributed by atoms with Gasteiger partial charge in [0.2, 0.25) is 5.91 Å². The zero-order chi connectivity index (χ0) is 10.3. The number of aliphatic carboxylic acids is 1. The molecule has 0 aliphatic rings. The standard InChI is InChI=1S/C8H16N2O3/c1-6(11)10-7(3-2-4-9)5-8(12)13/h7H,2-5,9H2,1H3,(H,10,11)(H,12,13). The summed E-state index contributed by atoms with van der Waals surface area (Å²) in [6.45, 7) is 1.88. The molecule has 0 bridgehead atoms. The molecule has 0 heterocycles. The first-order valence-electron chi connectivity index (χ1n) is 4.25. The van der Waals surface area contributed by atoms with E-state index in [1.54, 1.807) is 0 Å². The molecule has 1 atom stereocenters. The smallest absolute Gasteiger partial charge is 0.305 e. The largest absolute Gasteiger partial charge is 0.481 e. The van der Waals surface area contributed by atoms with E-state index in [1.807, 2.05) is 0 Å². The molecule has 1 unspecified atom stereocenters. The lowest BCUT2D eigenvalue weighted by Crippen LogP contribution is -2.35. The molecule has 4 N–H and O–H groups in total. The summed E-state index contributed by atoms with van der Waals surface area (Å²) in [4.78, 5) is 21.0. The number of hydrogen-bond donors (Lipinski definition) is 3. The van der Waals surface area contributed by atoms with Crippen LogP contribution in [-0.4, -0.2) is 29.6 Å². The van der Waals surface area contributed by atoms with Gasteiger partial charge in [-0.2, -0.15) is 0 Å². The summed E-state index contributed by atoms with van der Waals surface area (Å²) in [6.07, 6.45) is 1.29. The van der Waals surface area contributed by atoms with Gasteiger partial charge in [0, 0.05) is 13.0 Å². The minimum absolute atomic E-state index is 0.0421. The molecule has 0 saturated carbocycles. The van der Waals surface area contributed by atoms with Gasteiger partial charge < -0.3 is 16.2 Å². The van der Waals surface area contributed by atoms with E-state index in [0.29, 0.717) is 13.0 Å². The molecule has 5 nitrogen and oxygen atoms in total. The average molecular weight is 188 g/mol. The molecular weight excluding hydrogens is 172 g/mol. The third-order valence-electron chi connectivity index (χ3n) is 1.59. The topological polar surface area (TPSA) is 92.4 Å². The van der Waals surface area contributed by atoms with Crippen LogP contribution in [0.15, 0.2) is 0 Å². The van der Waals surface area contributed by atoms with Crippen molar-refractivity contribution in [2.45, 2.75) is 32.2 Å². The fourth-order valence-electron chi connectivity index (χ4n) is 1.09. The second kappa shape index (κ2) is 6.42. The Kier molecular flexibility index (Phi) is 5.88. The van der Waals surface area contributed by atoms with Crippen molar-refractivity contribution in [1.29, 1.82) is 0 Å². The zero-order valence-electron chi connectivity index (χ0n) is 7.75. The average Bonchev–Trinajstić information content (AvgIpc) is 1.98. The predicted octanol–water partition coefficient (Wildman–Crippen LogP) is -0.295. The third-order valence-corrected chi connectivity index (χ3v) is 1.59. The summed E-state index contributed by atoms with van der Waals surface area (Å²) in [5.41, 5.74) is 5.28. The molecule has 0 aliphatic carbocycles. The Bertz CT molecular complexity index is 166. The van der Waals surface area contributed by atoms with Crippen molar-refractivity contribution < 1.29 is 14.7 Å². The maximum Gasteiger partial charge on any atom is 0.305 e. The van der Waals surface area contributed by atoms with Crippen LogP contribution in [-0.2, 0) is 9.59 Å². The number of hydrogen-bond acceptors (Lipinski definition) is 3. The zero-order valence-corrected chi connectivity index (χ0v) is 7.75. The van der Waals surface area contributed by atoms with E-state index >= 15 is 0 Å². The molecule has 5 heteroatoms. The van der Waals surface area contributed by atoms with E-state index in [-0.39, 0.29) is 18.4 Å². The summed E-state index contributed by atoms with van der Waals surface area (Å²) in [5.74, 6) is -1.11. The highest BCUT2D eigenvalue weighted by molar-refractivity contribution is 5.74. The Labute approximate surface area is 77.3 Å². The molecular formula is C8H16N2O3. The number of carboxylic acids is 1. The van der Waals surface area contributed by atoms with Crippen molar-refractivity contribution in [1.82, 2.24) is 5.32 Å². The number of nitrogens with two attached hydrogens (primary N) is 1. The number of amides is 1. The van der Waals surface area contributed by atoms with Gasteiger partial charge >= 0.3 is 5.97 Å². The first-order chi connectivity index (χ1) is 6.06. The highest BCUT2D eigenvalue weighted by Crippen LogP contribution is 2.01. The molecule has 0 spiro atoms. The van der Waals surface area contributed by atoms with Gasteiger partial charge in [0.25, 0.3) is 0 Å². The summed E-state index contributed by atoms with van der Waals surface area (Å²) in [5, 5.41) is 11.1. The molecule has 0 radical (unpaired) electrons. The molecule has 0 rings (SSSR count). The Morgan fingerprint density at radius 1 is 1.54 bits per heavy atom. The number of rotatable bonds is 6. The molecule has 0 aliphatic heterocycles. The van der Waals surface area contributed by atoms with Gasteiger partial charge in [-0.05, 0) is 19.4 Å². The summed E-state index contributed by atoms with van der Waals surface area (Å²) in [6, 6.07) is -0.293. The second-order valence-electron chi connectivity index (χ2n) is 2.93. The molecule has 0 aromatic heterocycles. The maximum absolute atomic E-state index is 10.7. The van der Waals surface area contributed by atoms with Crippen molar-refractivity contribution in [2.24, 2.45) is 5.73 Å². The Balaban J connectivity index is 3.87. The lowest BCUT2D eigenvalue weighted by atomic mass is 10.1. The van der Waals surface area contributed by atoms with E-state index in [1.165, 1.54) is 6.92 Å². The Morgan fingerprint density at radius 3 is 2.54 bits per heavy atom. The van der Waals surface area contributed by atoms with E-state index in [4.69, 9.17) is 10.8 Å². The van der Waals surface area contributed by atoms with Crippen LogP contribution in [0.1, 0.15) is 26.2 Å². The quantitative estimate of drug-likeness (QED) is 0.533. The Morgan fingerprint density at radius 2 is 2.15 bits per heavy atom. The number of nitrogens with one attached hydrogen (secondary N) is 1. The van der Waals surface area contributed by atoms with Gasteiger partial charge in [0.1, 0.15) is 0 Å². The van der Waals surface area contributed by atoms with Crippen molar-refractivity contribution >= 4 is 11.9 Å². The lowest BCUT2D eigenvalue weighted by molar-refractivity contribution is -0.137. The van der Waals surface area contributed by atoms with Crippen LogP contribution >= 0.6 is 0 Å². The highest BCUT2D eigenvalue weighted by Gasteiger charge is 2.12. The number of carboxylic acid groups (broad SMARTS) is 1. The molecule has 0 fully saturated rings. The first-order valence-corrected chi connectivity index (χ1v) is 4.25. The maximum atomic E-state index is 10.7. The van der Waals surface area contributed by atoms with Crippen LogP contribution in [0.5, 0.6) is 0 Å². The summed E-state index contributed by atoms with van der Waals surface area (Å²) >= 11 is 0. The van der Waals surface area contributed by atoms with Crippen LogP contribution in [0.3, 0.4) is 0 Å². The van der Waals surface area contributed by atoms with Crippen molar-refractivity contribution in [2.75, 3.05) is 6.54 Å². The van der Waals surface area contributed by atoms with Gasteiger partial charge in [-0.1, -0.05) is 0 Å². The van der Waals surface area contributed by atoms with Gasteiger partial charge in [-0.15, -0.1) is 0 Å².